The molecule has 0 saturated heterocycles. The average Bonchev–Trinajstić information content (AvgIpc) is 3.32. The molecule has 0 bridgehead atoms. The molecule has 1 aliphatic carbocycles. The van der Waals surface area contributed by atoms with Gasteiger partial charge in [0.2, 0.25) is 0 Å². The molecule has 1 aromatic heterocycles. The van der Waals surface area contributed by atoms with Gasteiger partial charge in [0.25, 0.3) is 5.91 Å². The van der Waals surface area contributed by atoms with Gasteiger partial charge in [-0.15, -0.1) is 0 Å². The Morgan fingerprint density at radius 1 is 1.33 bits per heavy atom. The van der Waals surface area contributed by atoms with E-state index in [0.717, 1.165) is 24.1 Å². The number of benzene rings is 1. The van der Waals surface area contributed by atoms with Gasteiger partial charge in [-0.2, -0.15) is 0 Å². The zero-order valence-corrected chi connectivity index (χ0v) is 12.1. The number of hydrogen-bond acceptors (Lipinski definition) is 3. The molecule has 1 aliphatic rings. The third-order valence-electron chi connectivity index (χ3n) is 3.80. The predicted octanol–water partition coefficient (Wildman–Crippen LogP) is 2.78. The molecule has 4 heteroatoms. The van der Waals surface area contributed by atoms with Gasteiger partial charge in [-0.25, -0.2) is 0 Å². The Hall–Kier alpha value is -2.36. The lowest BCUT2D eigenvalue weighted by molar-refractivity contribution is 0.0727. The fraction of sp³-hybridized carbons (Fsp3) is 0.294. The molecule has 1 saturated carbocycles. The third kappa shape index (κ3) is 3.05. The van der Waals surface area contributed by atoms with E-state index in [9.17, 15) is 4.79 Å². The Kier molecular flexibility index (Phi) is 3.60. The van der Waals surface area contributed by atoms with Crippen LogP contribution in [0.1, 0.15) is 34.5 Å². The van der Waals surface area contributed by atoms with E-state index in [-0.39, 0.29) is 5.91 Å². The number of aromatic nitrogens is 1. The summed E-state index contributed by atoms with van der Waals surface area (Å²) in [6.07, 6.45) is 3.90. The molecule has 21 heavy (non-hydrogen) atoms. The maximum absolute atomic E-state index is 12.8. The number of amides is 1. The average molecular weight is 281 g/mol. The van der Waals surface area contributed by atoms with Gasteiger partial charge in [-0.05, 0) is 49.6 Å². The van der Waals surface area contributed by atoms with Crippen LogP contribution in [0.4, 0.5) is 5.69 Å². The number of pyridine rings is 1. The van der Waals surface area contributed by atoms with Crippen molar-refractivity contribution in [1.82, 2.24) is 9.88 Å². The third-order valence-corrected chi connectivity index (χ3v) is 3.80. The Morgan fingerprint density at radius 2 is 2.14 bits per heavy atom. The van der Waals surface area contributed by atoms with Crippen LogP contribution in [0.2, 0.25) is 0 Å². The molecule has 0 aliphatic heterocycles. The zero-order chi connectivity index (χ0) is 14.8. The highest BCUT2D eigenvalue weighted by Crippen LogP contribution is 2.30. The first kappa shape index (κ1) is 13.6. The van der Waals surface area contributed by atoms with Crippen LogP contribution in [-0.4, -0.2) is 21.8 Å². The minimum absolute atomic E-state index is 0.0490. The monoisotopic (exact) mass is 281 g/mol. The van der Waals surface area contributed by atoms with E-state index >= 15 is 0 Å². The number of carbonyl (C=O) groups excluding carboxylic acids is 1. The van der Waals surface area contributed by atoms with Crippen LogP contribution in [0.3, 0.4) is 0 Å². The van der Waals surface area contributed by atoms with Gasteiger partial charge in [-0.1, -0.05) is 12.1 Å². The predicted molar refractivity (Wildman–Crippen MR) is 82.7 cm³/mol. The van der Waals surface area contributed by atoms with Crippen molar-refractivity contribution in [2.24, 2.45) is 0 Å². The van der Waals surface area contributed by atoms with E-state index in [2.05, 4.69) is 4.98 Å². The first-order valence-electron chi connectivity index (χ1n) is 7.22. The summed E-state index contributed by atoms with van der Waals surface area (Å²) < 4.78 is 0. The first-order chi connectivity index (χ1) is 10.1. The second kappa shape index (κ2) is 5.56. The molecule has 1 amide bonds. The molecule has 0 radical (unpaired) electrons. The molecule has 0 unspecified atom stereocenters. The van der Waals surface area contributed by atoms with Crippen molar-refractivity contribution in [2.45, 2.75) is 32.4 Å². The minimum Gasteiger partial charge on any atom is -0.399 e. The summed E-state index contributed by atoms with van der Waals surface area (Å²) in [5.74, 6) is 0.0490. The van der Waals surface area contributed by atoms with E-state index < -0.39 is 0 Å². The number of aryl methyl sites for hydroxylation is 1. The quantitative estimate of drug-likeness (QED) is 0.877. The van der Waals surface area contributed by atoms with Gasteiger partial charge in [0.1, 0.15) is 0 Å². The maximum Gasteiger partial charge on any atom is 0.254 e. The van der Waals surface area contributed by atoms with Gasteiger partial charge in [0.05, 0.1) is 12.2 Å². The molecular weight excluding hydrogens is 262 g/mol. The molecule has 1 heterocycles. The molecular formula is C17H19N3O. The number of nitrogens with zero attached hydrogens (tertiary/aromatic N) is 2. The Labute approximate surface area is 124 Å². The second-order valence-corrected chi connectivity index (χ2v) is 5.56. The van der Waals surface area contributed by atoms with Crippen LogP contribution >= 0.6 is 0 Å². The van der Waals surface area contributed by atoms with Gasteiger partial charge >= 0.3 is 0 Å². The highest BCUT2D eigenvalue weighted by atomic mass is 16.2. The molecule has 0 spiro atoms. The normalized spacial score (nSPS) is 14.0. The molecule has 0 atom stereocenters. The lowest BCUT2D eigenvalue weighted by Gasteiger charge is -2.23. The molecule has 4 nitrogen and oxygen atoms in total. The van der Waals surface area contributed by atoms with E-state index in [4.69, 9.17) is 5.73 Å². The number of hydrogen-bond donors (Lipinski definition) is 1. The summed E-state index contributed by atoms with van der Waals surface area (Å²) in [5, 5.41) is 0. The molecule has 2 aromatic rings. The van der Waals surface area contributed by atoms with Gasteiger partial charge in [0, 0.05) is 23.5 Å². The number of carbonyl (C=O) groups is 1. The van der Waals surface area contributed by atoms with Gasteiger partial charge in [-0.3, -0.25) is 9.78 Å². The highest BCUT2D eigenvalue weighted by molar-refractivity contribution is 5.96. The Bertz CT molecular complexity index is 650. The summed E-state index contributed by atoms with van der Waals surface area (Å²) in [5.41, 5.74) is 9.02. The lowest BCUT2D eigenvalue weighted by atomic mass is 10.1. The summed E-state index contributed by atoms with van der Waals surface area (Å²) in [7, 11) is 0. The SMILES string of the molecule is Cc1ccc(N)cc1C(=O)N(Cc1ccccn1)C1CC1. The number of nitrogen functional groups attached to an aromatic ring is 1. The molecule has 1 aromatic carbocycles. The van der Waals surface area contributed by atoms with Crippen LogP contribution in [-0.2, 0) is 6.54 Å². The van der Waals surface area contributed by atoms with Gasteiger partial charge in [0.15, 0.2) is 0 Å². The summed E-state index contributed by atoms with van der Waals surface area (Å²) >= 11 is 0. The van der Waals surface area contributed by atoms with Crippen LogP contribution in [0.15, 0.2) is 42.6 Å². The minimum atomic E-state index is 0.0490. The van der Waals surface area contributed by atoms with E-state index in [1.807, 2.05) is 42.2 Å². The van der Waals surface area contributed by atoms with Crippen LogP contribution in [0, 0.1) is 6.92 Å². The van der Waals surface area contributed by atoms with Crippen LogP contribution < -0.4 is 5.73 Å². The second-order valence-electron chi connectivity index (χ2n) is 5.56. The molecule has 1 fully saturated rings. The van der Waals surface area contributed by atoms with Gasteiger partial charge < -0.3 is 10.6 Å². The van der Waals surface area contributed by atoms with E-state index in [0.29, 0.717) is 23.8 Å². The van der Waals surface area contributed by atoms with Crippen molar-refractivity contribution in [3.05, 3.63) is 59.4 Å². The largest absolute Gasteiger partial charge is 0.399 e. The molecule has 2 N–H and O–H groups in total. The van der Waals surface area contributed by atoms with Crippen molar-refractivity contribution in [3.8, 4) is 0 Å². The smallest absolute Gasteiger partial charge is 0.254 e. The Morgan fingerprint density at radius 3 is 2.81 bits per heavy atom. The fourth-order valence-electron chi connectivity index (χ4n) is 2.44. The van der Waals surface area contributed by atoms with Crippen molar-refractivity contribution in [1.29, 1.82) is 0 Å². The van der Waals surface area contributed by atoms with Crippen molar-refractivity contribution in [3.63, 3.8) is 0 Å². The highest BCUT2D eigenvalue weighted by Gasteiger charge is 2.33. The number of anilines is 1. The van der Waals surface area contributed by atoms with Crippen molar-refractivity contribution >= 4 is 11.6 Å². The standard InChI is InChI=1S/C17H19N3O/c1-12-5-6-13(18)10-16(12)17(21)20(15-7-8-15)11-14-4-2-3-9-19-14/h2-6,9-10,15H,7-8,11,18H2,1H3. The van der Waals surface area contributed by atoms with Crippen molar-refractivity contribution < 1.29 is 4.79 Å². The zero-order valence-electron chi connectivity index (χ0n) is 12.1. The topological polar surface area (TPSA) is 59.2 Å². The summed E-state index contributed by atoms with van der Waals surface area (Å²) in [6.45, 7) is 2.50. The maximum atomic E-state index is 12.8. The van der Waals surface area contributed by atoms with E-state index in [1.165, 1.54) is 0 Å². The molecule has 108 valence electrons. The summed E-state index contributed by atoms with van der Waals surface area (Å²) in [6, 6.07) is 11.6. The van der Waals surface area contributed by atoms with Crippen LogP contribution in [0.25, 0.3) is 0 Å². The first-order valence-corrected chi connectivity index (χ1v) is 7.22. The number of nitrogens with two attached hydrogens (primary N) is 1. The number of rotatable bonds is 4. The lowest BCUT2D eigenvalue weighted by Crippen LogP contribution is -2.33. The summed E-state index contributed by atoms with van der Waals surface area (Å²) in [4.78, 5) is 19.1. The van der Waals surface area contributed by atoms with E-state index in [1.54, 1.807) is 12.3 Å². The fourth-order valence-corrected chi connectivity index (χ4v) is 2.44. The Balaban J connectivity index is 1.87. The molecule has 3 rings (SSSR count). The van der Waals surface area contributed by atoms with Crippen molar-refractivity contribution in [2.75, 3.05) is 5.73 Å². The van der Waals surface area contributed by atoms with Crippen LogP contribution in [0.5, 0.6) is 0 Å².